The molecule has 1 aliphatic heterocycles. The van der Waals surface area contributed by atoms with Gasteiger partial charge in [0.2, 0.25) is 15.9 Å². The van der Waals surface area contributed by atoms with E-state index in [1.807, 2.05) is 0 Å². The van der Waals surface area contributed by atoms with Crippen molar-refractivity contribution in [3.05, 3.63) is 29.8 Å². The van der Waals surface area contributed by atoms with Crippen molar-refractivity contribution in [1.82, 2.24) is 4.31 Å². The van der Waals surface area contributed by atoms with Crippen LogP contribution in [0.2, 0.25) is 0 Å². The van der Waals surface area contributed by atoms with E-state index >= 15 is 0 Å². The van der Waals surface area contributed by atoms with Gasteiger partial charge < -0.3 is 10.1 Å². The van der Waals surface area contributed by atoms with Crippen LogP contribution in [-0.4, -0.2) is 50.7 Å². The molecule has 1 amide bonds. The number of sulfonamides is 1. The smallest absolute Gasteiger partial charge is 0.225 e. The molecule has 0 bridgehead atoms. The number of hydrogen-bond acceptors (Lipinski definition) is 4. The number of halogens is 2. The van der Waals surface area contributed by atoms with Crippen molar-refractivity contribution in [2.75, 3.05) is 31.3 Å². The third-order valence-corrected chi connectivity index (χ3v) is 4.96. The van der Waals surface area contributed by atoms with E-state index in [2.05, 4.69) is 5.32 Å². The topological polar surface area (TPSA) is 75.7 Å². The van der Waals surface area contributed by atoms with Gasteiger partial charge in [-0.25, -0.2) is 17.2 Å². The van der Waals surface area contributed by atoms with Crippen molar-refractivity contribution in [2.24, 2.45) is 0 Å². The van der Waals surface area contributed by atoms with Crippen LogP contribution >= 0.6 is 0 Å². The predicted octanol–water partition coefficient (Wildman–Crippen LogP) is 1.73. The molecule has 1 unspecified atom stereocenters. The standard InChI is InChI=1S/C15H20F2N2O4S/c1-24(21,22)19(10-12-3-2-8-23-12)7-6-15(20)18-14-5-4-11(16)9-13(14)17/h4-5,9,12H,2-3,6-8,10H2,1H3,(H,18,20). The van der Waals surface area contributed by atoms with E-state index in [0.717, 1.165) is 31.2 Å². The molecule has 9 heteroatoms. The molecule has 134 valence electrons. The zero-order chi connectivity index (χ0) is 17.7. The number of ether oxygens (including phenoxy) is 1. The highest BCUT2D eigenvalue weighted by Gasteiger charge is 2.25. The van der Waals surface area contributed by atoms with Crippen molar-refractivity contribution in [3.8, 4) is 0 Å². The number of anilines is 1. The molecule has 1 fully saturated rings. The Morgan fingerprint density at radius 2 is 2.17 bits per heavy atom. The summed E-state index contributed by atoms with van der Waals surface area (Å²) in [6.07, 6.45) is 2.42. The fourth-order valence-corrected chi connectivity index (χ4v) is 3.30. The minimum Gasteiger partial charge on any atom is -0.377 e. The zero-order valence-electron chi connectivity index (χ0n) is 13.3. The van der Waals surface area contributed by atoms with Gasteiger partial charge in [0.1, 0.15) is 11.6 Å². The Kier molecular flexibility index (Phi) is 6.25. The second-order valence-electron chi connectivity index (χ2n) is 5.68. The van der Waals surface area contributed by atoms with Crippen LogP contribution in [0.4, 0.5) is 14.5 Å². The molecule has 2 rings (SSSR count). The highest BCUT2D eigenvalue weighted by Crippen LogP contribution is 2.17. The van der Waals surface area contributed by atoms with Crippen LogP contribution in [-0.2, 0) is 19.6 Å². The molecule has 0 aliphatic carbocycles. The van der Waals surface area contributed by atoms with E-state index in [0.29, 0.717) is 12.7 Å². The normalized spacial score (nSPS) is 18.1. The Hall–Kier alpha value is -1.58. The molecular formula is C15H20F2N2O4S. The van der Waals surface area contributed by atoms with Crippen LogP contribution < -0.4 is 5.32 Å². The molecule has 1 N–H and O–H groups in total. The molecule has 1 aromatic rings. The van der Waals surface area contributed by atoms with E-state index < -0.39 is 27.6 Å². The molecule has 0 spiro atoms. The molecule has 1 aromatic carbocycles. The van der Waals surface area contributed by atoms with Gasteiger partial charge >= 0.3 is 0 Å². The summed E-state index contributed by atoms with van der Waals surface area (Å²) in [7, 11) is -3.49. The van der Waals surface area contributed by atoms with Crippen molar-refractivity contribution < 1.29 is 26.7 Å². The zero-order valence-corrected chi connectivity index (χ0v) is 14.1. The maximum Gasteiger partial charge on any atom is 0.225 e. The van der Waals surface area contributed by atoms with Crippen molar-refractivity contribution in [2.45, 2.75) is 25.4 Å². The van der Waals surface area contributed by atoms with Crippen LogP contribution in [0, 0.1) is 11.6 Å². The second kappa shape index (κ2) is 8.00. The number of amides is 1. The van der Waals surface area contributed by atoms with Gasteiger partial charge in [-0.2, -0.15) is 4.31 Å². The average Bonchev–Trinajstić information content (AvgIpc) is 2.98. The fraction of sp³-hybridized carbons (Fsp3) is 0.533. The van der Waals surface area contributed by atoms with Crippen LogP contribution in [0.3, 0.4) is 0 Å². The number of rotatable bonds is 7. The molecule has 6 nitrogen and oxygen atoms in total. The van der Waals surface area contributed by atoms with E-state index in [4.69, 9.17) is 4.74 Å². The Balaban J connectivity index is 1.91. The fourth-order valence-electron chi connectivity index (χ4n) is 2.44. The lowest BCUT2D eigenvalue weighted by atomic mass is 10.2. The SMILES string of the molecule is CS(=O)(=O)N(CCC(=O)Nc1ccc(F)cc1F)CC1CCCO1. The van der Waals surface area contributed by atoms with E-state index in [1.54, 1.807) is 0 Å². The lowest BCUT2D eigenvalue weighted by Crippen LogP contribution is -2.38. The van der Waals surface area contributed by atoms with Gasteiger partial charge in [-0.05, 0) is 25.0 Å². The number of carbonyl (C=O) groups excluding carboxylic acids is 1. The summed E-state index contributed by atoms with van der Waals surface area (Å²) < 4.78 is 56.6. The summed E-state index contributed by atoms with van der Waals surface area (Å²) in [5.74, 6) is -2.19. The number of carbonyl (C=O) groups is 1. The molecular weight excluding hydrogens is 342 g/mol. The number of nitrogens with zero attached hydrogens (tertiary/aromatic N) is 1. The van der Waals surface area contributed by atoms with Crippen LogP contribution in [0.1, 0.15) is 19.3 Å². The van der Waals surface area contributed by atoms with Gasteiger partial charge in [-0.1, -0.05) is 0 Å². The van der Waals surface area contributed by atoms with Gasteiger partial charge in [-0.3, -0.25) is 4.79 Å². The summed E-state index contributed by atoms with van der Waals surface area (Å²) in [5.41, 5.74) is -0.147. The quantitative estimate of drug-likeness (QED) is 0.802. The van der Waals surface area contributed by atoms with Crippen LogP contribution in [0.5, 0.6) is 0 Å². The Labute approximate surface area is 139 Å². The molecule has 0 radical (unpaired) electrons. The Bertz CT molecular complexity index is 691. The summed E-state index contributed by atoms with van der Waals surface area (Å²) in [6.45, 7) is 0.761. The van der Waals surface area contributed by atoms with Gasteiger partial charge in [0.15, 0.2) is 0 Å². The molecule has 24 heavy (non-hydrogen) atoms. The average molecular weight is 362 g/mol. The minimum absolute atomic E-state index is 0.0344. The van der Waals surface area contributed by atoms with Crippen molar-refractivity contribution >= 4 is 21.6 Å². The van der Waals surface area contributed by atoms with Crippen molar-refractivity contribution in [3.63, 3.8) is 0 Å². The molecule has 0 saturated carbocycles. The number of hydrogen-bond donors (Lipinski definition) is 1. The summed E-state index contributed by atoms with van der Waals surface area (Å²) in [4.78, 5) is 11.9. The van der Waals surface area contributed by atoms with Crippen LogP contribution in [0.25, 0.3) is 0 Å². The molecule has 1 saturated heterocycles. The van der Waals surface area contributed by atoms with Crippen molar-refractivity contribution in [1.29, 1.82) is 0 Å². The summed E-state index contributed by atoms with van der Waals surface area (Å²) in [6, 6.07) is 2.80. The molecule has 1 atom stereocenters. The van der Waals surface area contributed by atoms with E-state index in [9.17, 15) is 22.0 Å². The Morgan fingerprint density at radius 1 is 1.42 bits per heavy atom. The van der Waals surface area contributed by atoms with Gasteiger partial charge in [0.05, 0.1) is 18.0 Å². The highest BCUT2D eigenvalue weighted by molar-refractivity contribution is 7.88. The third kappa shape index (κ3) is 5.50. The molecule has 0 aromatic heterocycles. The predicted molar refractivity (Wildman–Crippen MR) is 85.0 cm³/mol. The first kappa shape index (κ1) is 18.8. The summed E-state index contributed by atoms with van der Waals surface area (Å²) in [5, 5.41) is 2.30. The first-order chi connectivity index (χ1) is 11.3. The number of nitrogens with one attached hydrogen (secondary N) is 1. The van der Waals surface area contributed by atoms with Gasteiger partial charge in [-0.15, -0.1) is 0 Å². The maximum absolute atomic E-state index is 13.5. The first-order valence-corrected chi connectivity index (χ1v) is 9.42. The summed E-state index contributed by atoms with van der Waals surface area (Å²) >= 11 is 0. The lowest BCUT2D eigenvalue weighted by molar-refractivity contribution is -0.116. The molecule has 1 heterocycles. The third-order valence-electron chi connectivity index (χ3n) is 3.69. The second-order valence-corrected chi connectivity index (χ2v) is 7.66. The minimum atomic E-state index is -3.49. The first-order valence-electron chi connectivity index (χ1n) is 7.57. The van der Waals surface area contributed by atoms with Gasteiger partial charge in [0.25, 0.3) is 0 Å². The maximum atomic E-state index is 13.5. The van der Waals surface area contributed by atoms with E-state index in [1.165, 1.54) is 4.31 Å². The monoisotopic (exact) mass is 362 g/mol. The largest absolute Gasteiger partial charge is 0.377 e. The Morgan fingerprint density at radius 3 is 2.75 bits per heavy atom. The molecule has 1 aliphatic rings. The lowest BCUT2D eigenvalue weighted by Gasteiger charge is -2.22. The number of benzene rings is 1. The van der Waals surface area contributed by atoms with Crippen LogP contribution in [0.15, 0.2) is 18.2 Å². The van der Waals surface area contributed by atoms with Gasteiger partial charge in [0, 0.05) is 32.2 Å². The highest BCUT2D eigenvalue weighted by atomic mass is 32.2. The van der Waals surface area contributed by atoms with E-state index in [-0.39, 0.29) is 31.3 Å².